The number of hydrogen-bond acceptors (Lipinski definition) is 6. The van der Waals surface area contributed by atoms with Gasteiger partial charge in [-0.3, -0.25) is 24.8 Å². The third-order valence-corrected chi connectivity index (χ3v) is 6.92. The van der Waals surface area contributed by atoms with Gasteiger partial charge < -0.3 is 10.3 Å². The average Bonchev–Trinajstić information content (AvgIpc) is 3.52. The van der Waals surface area contributed by atoms with Gasteiger partial charge >= 0.3 is 0 Å². The topological polar surface area (TPSA) is 125 Å². The first-order valence-corrected chi connectivity index (χ1v) is 12.2. The predicted octanol–water partition coefficient (Wildman–Crippen LogP) is 5.36. The largest absolute Gasteiger partial charge is 0.353 e. The second-order valence-electron chi connectivity index (χ2n) is 9.29. The summed E-state index contributed by atoms with van der Waals surface area (Å²) >= 11 is 0. The zero-order valence-corrected chi connectivity index (χ0v) is 19.8. The van der Waals surface area contributed by atoms with Crippen molar-refractivity contribution in [3.05, 3.63) is 73.4 Å². The van der Waals surface area contributed by atoms with Crippen LogP contribution < -0.4 is 5.32 Å². The van der Waals surface area contributed by atoms with E-state index in [4.69, 9.17) is 4.98 Å². The quantitative estimate of drug-likeness (QED) is 0.301. The number of carbonyl (C=O) groups is 1. The number of aromatic nitrogens is 7. The van der Waals surface area contributed by atoms with Crippen LogP contribution in [0, 0.1) is 5.92 Å². The molecule has 0 saturated heterocycles. The minimum Gasteiger partial charge on any atom is -0.353 e. The fourth-order valence-electron chi connectivity index (χ4n) is 4.72. The van der Waals surface area contributed by atoms with Gasteiger partial charge in [-0.25, -0.2) is 4.98 Å². The normalized spacial score (nSPS) is 13.6. The van der Waals surface area contributed by atoms with Crippen molar-refractivity contribution >= 4 is 33.5 Å². The summed E-state index contributed by atoms with van der Waals surface area (Å²) in [4.78, 5) is 34.0. The second kappa shape index (κ2) is 8.63. The fraction of sp³-hybridized carbons (Fsp3) is 0.143. The van der Waals surface area contributed by atoms with Crippen LogP contribution in [0.15, 0.2) is 73.4 Å². The molecule has 9 heteroatoms. The number of rotatable bonds is 5. The molecule has 0 aromatic carbocycles. The van der Waals surface area contributed by atoms with Crippen molar-refractivity contribution in [3.8, 4) is 33.9 Å². The molecule has 0 aliphatic heterocycles. The molecule has 6 aromatic rings. The maximum absolute atomic E-state index is 12.4. The number of nitrogens with zero attached hydrogens (tertiary/aromatic N) is 5. The standard InChI is InChI=1S/C28H22N8O/c37-28(16-3-1-4-16)32-19-11-18(14-30-15-19)21-6-7-23-26(34-21)27(36-35-23)24-12-20-22(33-24)8-10-31-25(20)17-5-2-9-29-13-17/h2,5-16,33H,1,3-4H2,(H,32,37)(H,35,36). The molecular formula is C28H22N8O. The molecule has 6 aromatic heterocycles. The van der Waals surface area contributed by atoms with E-state index in [2.05, 4.69) is 35.5 Å². The van der Waals surface area contributed by atoms with E-state index in [0.29, 0.717) is 11.4 Å². The summed E-state index contributed by atoms with van der Waals surface area (Å²) in [6, 6.07) is 13.7. The van der Waals surface area contributed by atoms with Crippen LogP contribution in [-0.4, -0.2) is 41.0 Å². The van der Waals surface area contributed by atoms with Gasteiger partial charge in [0.15, 0.2) is 0 Å². The maximum atomic E-state index is 12.4. The van der Waals surface area contributed by atoms with Crippen LogP contribution in [0.5, 0.6) is 0 Å². The summed E-state index contributed by atoms with van der Waals surface area (Å²) in [5.74, 6) is 0.168. The Bertz CT molecular complexity index is 1770. The van der Waals surface area contributed by atoms with Crippen LogP contribution in [0.3, 0.4) is 0 Å². The number of nitrogens with one attached hydrogen (secondary N) is 3. The molecule has 0 unspecified atom stereocenters. The van der Waals surface area contributed by atoms with E-state index < -0.39 is 0 Å². The van der Waals surface area contributed by atoms with Crippen LogP contribution >= 0.6 is 0 Å². The Morgan fingerprint density at radius 3 is 2.68 bits per heavy atom. The van der Waals surface area contributed by atoms with Crippen LogP contribution in [-0.2, 0) is 4.79 Å². The third kappa shape index (κ3) is 3.81. The molecule has 0 atom stereocenters. The van der Waals surface area contributed by atoms with Crippen molar-refractivity contribution in [2.75, 3.05) is 5.32 Å². The lowest BCUT2D eigenvalue weighted by molar-refractivity contribution is -0.122. The van der Waals surface area contributed by atoms with Crippen LogP contribution in [0.2, 0.25) is 0 Å². The van der Waals surface area contributed by atoms with Crippen molar-refractivity contribution < 1.29 is 4.79 Å². The van der Waals surface area contributed by atoms with Crippen molar-refractivity contribution in [3.63, 3.8) is 0 Å². The summed E-state index contributed by atoms with van der Waals surface area (Å²) in [5, 5.41) is 11.6. The van der Waals surface area contributed by atoms with Gasteiger partial charge in [0.05, 0.1) is 34.5 Å². The van der Waals surface area contributed by atoms with Crippen molar-refractivity contribution in [2.24, 2.45) is 5.92 Å². The van der Waals surface area contributed by atoms with Gasteiger partial charge in [0, 0.05) is 52.7 Å². The van der Waals surface area contributed by atoms with E-state index in [9.17, 15) is 4.79 Å². The third-order valence-electron chi connectivity index (χ3n) is 6.92. The number of H-pyrrole nitrogens is 2. The Kier molecular flexibility index (Phi) is 4.99. The zero-order valence-electron chi connectivity index (χ0n) is 19.8. The number of fused-ring (bicyclic) bond motifs is 2. The lowest BCUT2D eigenvalue weighted by Crippen LogP contribution is -2.28. The molecule has 6 heterocycles. The second-order valence-corrected chi connectivity index (χ2v) is 9.29. The average molecular weight is 487 g/mol. The van der Waals surface area contributed by atoms with E-state index in [1.54, 1.807) is 24.8 Å². The van der Waals surface area contributed by atoms with Gasteiger partial charge in [-0.1, -0.05) is 6.42 Å². The van der Waals surface area contributed by atoms with Gasteiger partial charge in [-0.2, -0.15) is 5.10 Å². The number of pyridine rings is 4. The van der Waals surface area contributed by atoms with E-state index >= 15 is 0 Å². The molecular weight excluding hydrogens is 464 g/mol. The number of hydrogen-bond donors (Lipinski definition) is 3. The minimum atomic E-state index is 0.0599. The maximum Gasteiger partial charge on any atom is 0.227 e. The van der Waals surface area contributed by atoms with Crippen LogP contribution in [0.1, 0.15) is 19.3 Å². The van der Waals surface area contributed by atoms with Gasteiger partial charge in [0.2, 0.25) is 5.91 Å². The fourth-order valence-corrected chi connectivity index (χ4v) is 4.72. The molecule has 3 N–H and O–H groups in total. The van der Waals surface area contributed by atoms with E-state index in [1.165, 1.54) is 0 Å². The predicted molar refractivity (Wildman–Crippen MR) is 141 cm³/mol. The molecule has 0 bridgehead atoms. The number of aromatic amines is 2. The Balaban J connectivity index is 1.26. The molecule has 1 aliphatic rings. The van der Waals surface area contributed by atoms with Crippen molar-refractivity contribution in [1.29, 1.82) is 0 Å². The molecule has 37 heavy (non-hydrogen) atoms. The highest BCUT2D eigenvalue weighted by Gasteiger charge is 2.25. The minimum absolute atomic E-state index is 0.0599. The SMILES string of the molecule is O=C(Nc1cncc(-c2ccc3[nH]nc(-c4cc5c(-c6cccnc6)nccc5[nH]4)c3n2)c1)C1CCC1. The van der Waals surface area contributed by atoms with Crippen molar-refractivity contribution in [2.45, 2.75) is 19.3 Å². The first-order valence-electron chi connectivity index (χ1n) is 12.2. The summed E-state index contributed by atoms with van der Waals surface area (Å²) in [6.07, 6.45) is 11.8. The monoisotopic (exact) mass is 486 g/mol. The Morgan fingerprint density at radius 1 is 0.919 bits per heavy atom. The lowest BCUT2D eigenvalue weighted by Gasteiger charge is -2.24. The molecule has 1 saturated carbocycles. The molecule has 9 nitrogen and oxygen atoms in total. The van der Waals surface area contributed by atoms with Gasteiger partial charge in [-0.05, 0) is 55.3 Å². The molecule has 0 radical (unpaired) electrons. The zero-order chi connectivity index (χ0) is 24.8. The number of anilines is 1. The Labute approximate surface area is 211 Å². The smallest absolute Gasteiger partial charge is 0.227 e. The number of amides is 1. The molecule has 180 valence electrons. The summed E-state index contributed by atoms with van der Waals surface area (Å²) in [7, 11) is 0. The van der Waals surface area contributed by atoms with Crippen LogP contribution in [0.25, 0.3) is 55.8 Å². The lowest BCUT2D eigenvalue weighted by atomic mass is 9.85. The van der Waals surface area contributed by atoms with E-state index in [0.717, 1.165) is 69.4 Å². The first kappa shape index (κ1) is 21.4. The molecule has 1 amide bonds. The summed E-state index contributed by atoms with van der Waals surface area (Å²) < 4.78 is 0. The molecule has 0 spiro atoms. The molecule has 7 rings (SSSR count). The Morgan fingerprint density at radius 2 is 1.84 bits per heavy atom. The van der Waals surface area contributed by atoms with Crippen LogP contribution in [0.4, 0.5) is 5.69 Å². The van der Waals surface area contributed by atoms with E-state index in [1.807, 2.05) is 48.7 Å². The number of carbonyl (C=O) groups excluding carboxylic acids is 1. The molecule has 1 fully saturated rings. The Hall–Kier alpha value is -4.92. The highest BCUT2D eigenvalue weighted by molar-refractivity contribution is 5.99. The van der Waals surface area contributed by atoms with Crippen molar-refractivity contribution in [1.82, 2.24) is 35.1 Å². The summed E-state index contributed by atoms with van der Waals surface area (Å²) in [5.41, 5.74) is 8.11. The van der Waals surface area contributed by atoms with Gasteiger partial charge in [0.1, 0.15) is 11.2 Å². The summed E-state index contributed by atoms with van der Waals surface area (Å²) in [6.45, 7) is 0. The van der Waals surface area contributed by atoms with E-state index in [-0.39, 0.29) is 11.8 Å². The highest BCUT2D eigenvalue weighted by atomic mass is 16.1. The first-order chi connectivity index (χ1) is 18.2. The van der Waals surface area contributed by atoms with Gasteiger partial charge in [-0.15, -0.1) is 0 Å². The highest BCUT2D eigenvalue weighted by Crippen LogP contribution is 2.33. The van der Waals surface area contributed by atoms with Gasteiger partial charge in [0.25, 0.3) is 0 Å². The molecule has 1 aliphatic carbocycles.